The van der Waals surface area contributed by atoms with Gasteiger partial charge in [0.05, 0.1) is 7.11 Å². The van der Waals surface area contributed by atoms with E-state index in [4.69, 9.17) is 10.8 Å². The van der Waals surface area contributed by atoms with E-state index < -0.39 is 23.7 Å². The molecule has 0 saturated carbocycles. The number of ether oxygens (including phenoxy) is 1. The van der Waals surface area contributed by atoms with Gasteiger partial charge in [-0.15, -0.1) is 12.4 Å². The van der Waals surface area contributed by atoms with Crippen molar-refractivity contribution in [2.24, 2.45) is 5.73 Å². The number of carboxylic acid groups (broad SMARTS) is 1. The molecular weight excluding hydrogens is 329 g/mol. The molecule has 100 valence electrons. The molecule has 0 spiro atoms. The Balaban J connectivity index is 0.00000289. The number of esters is 1. The average molecular weight is 341 g/mol. The van der Waals surface area contributed by atoms with Crippen LogP contribution in [0.3, 0.4) is 0 Å². The fourth-order valence-electron chi connectivity index (χ4n) is 1.27. The Morgan fingerprint density at radius 1 is 1.44 bits per heavy atom. The summed E-state index contributed by atoms with van der Waals surface area (Å²) in [7, 11) is 1.15. The smallest absolute Gasteiger partial charge is 0.339 e. The maximum atomic E-state index is 11.2. The first-order valence-corrected chi connectivity index (χ1v) is 5.27. The molecule has 1 atom stereocenters. The maximum Gasteiger partial charge on any atom is 0.339 e. The maximum absolute atomic E-state index is 11.2. The van der Waals surface area contributed by atoms with Crippen LogP contribution < -0.4 is 5.73 Å². The summed E-state index contributed by atoms with van der Waals surface area (Å²) in [5.41, 5.74) is 5.19. The van der Waals surface area contributed by atoms with E-state index >= 15 is 0 Å². The molecule has 0 saturated heterocycles. The molecule has 0 aliphatic heterocycles. The van der Waals surface area contributed by atoms with Gasteiger partial charge in [0.1, 0.15) is 17.4 Å². The predicted octanol–water partition coefficient (Wildman–Crippen LogP) is 1.45. The lowest BCUT2D eigenvalue weighted by Crippen LogP contribution is -2.23. The average Bonchev–Trinajstić information content (AvgIpc) is 2.29. The number of halogens is 2. The molecule has 0 aliphatic carbocycles. The van der Waals surface area contributed by atoms with Crippen molar-refractivity contribution < 1.29 is 24.5 Å². The topological polar surface area (TPSA) is 110 Å². The van der Waals surface area contributed by atoms with Crippen LogP contribution in [-0.2, 0) is 9.53 Å². The molecule has 18 heavy (non-hydrogen) atoms. The number of rotatable bonds is 3. The highest BCUT2D eigenvalue weighted by Crippen LogP contribution is 2.31. The minimum absolute atomic E-state index is 0. The van der Waals surface area contributed by atoms with Gasteiger partial charge in [-0.25, -0.2) is 4.79 Å². The second-order valence-corrected chi connectivity index (χ2v) is 4.11. The Labute approximate surface area is 117 Å². The van der Waals surface area contributed by atoms with Crippen LogP contribution >= 0.6 is 28.3 Å². The van der Waals surface area contributed by atoms with Crippen molar-refractivity contribution in [3.63, 3.8) is 0 Å². The summed E-state index contributed by atoms with van der Waals surface area (Å²) in [6.45, 7) is 0. The van der Waals surface area contributed by atoms with Crippen LogP contribution in [0.5, 0.6) is 5.75 Å². The molecule has 4 N–H and O–H groups in total. The molecular formula is C10H11BrClNO5. The molecule has 1 aromatic carbocycles. The van der Waals surface area contributed by atoms with Crippen LogP contribution in [0.15, 0.2) is 16.6 Å². The van der Waals surface area contributed by atoms with Crippen molar-refractivity contribution in [2.75, 3.05) is 7.11 Å². The van der Waals surface area contributed by atoms with Crippen LogP contribution in [0, 0.1) is 0 Å². The highest BCUT2D eigenvalue weighted by atomic mass is 79.9. The SMILES string of the molecule is COC(=O)[C@H](N)c1cc(Br)cc(C(=O)O)c1O.Cl. The number of aromatic carboxylic acids is 1. The van der Waals surface area contributed by atoms with E-state index in [-0.39, 0.29) is 23.5 Å². The van der Waals surface area contributed by atoms with E-state index in [0.29, 0.717) is 4.47 Å². The quantitative estimate of drug-likeness (QED) is 0.718. The summed E-state index contributed by atoms with van der Waals surface area (Å²) in [4.78, 5) is 22.1. The fraction of sp³-hybridized carbons (Fsp3) is 0.200. The number of nitrogens with two attached hydrogens (primary N) is 1. The summed E-state index contributed by atoms with van der Waals surface area (Å²) in [6.07, 6.45) is 0. The van der Waals surface area contributed by atoms with Crippen molar-refractivity contribution in [3.8, 4) is 5.75 Å². The molecule has 0 heterocycles. The number of phenols is 1. The molecule has 0 aliphatic rings. The molecule has 0 aromatic heterocycles. The summed E-state index contributed by atoms with van der Waals surface area (Å²) < 4.78 is 4.81. The molecule has 0 amide bonds. The number of hydrogen-bond acceptors (Lipinski definition) is 5. The zero-order chi connectivity index (χ0) is 13.2. The minimum Gasteiger partial charge on any atom is -0.507 e. The summed E-state index contributed by atoms with van der Waals surface area (Å²) in [5.74, 6) is -2.63. The molecule has 0 bridgehead atoms. The Bertz CT molecular complexity index is 480. The van der Waals surface area contributed by atoms with Gasteiger partial charge in [-0.3, -0.25) is 4.79 Å². The summed E-state index contributed by atoms with van der Waals surface area (Å²) in [6, 6.07) is 1.34. The Hall–Kier alpha value is -1.31. The predicted molar refractivity (Wildman–Crippen MR) is 69.0 cm³/mol. The van der Waals surface area contributed by atoms with E-state index in [0.717, 1.165) is 7.11 Å². The van der Waals surface area contributed by atoms with Gasteiger partial charge in [-0.05, 0) is 12.1 Å². The first-order chi connectivity index (χ1) is 7.88. The third kappa shape index (κ3) is 3.34. The van der Waals surface area contributed by atoms with Gasteiger partial charge in [-0.1, -0.05) is 15.9 Å². The minimum atomic E-state index is -1.32. The van der Waals surface area contributed by atoms with Crippen LogP contribution in [0.1, 0.15) is 22.0 Å². The van der Waals surface area contributed by atoms with E-state index in [1.807, 2.05) is 0 Å². The summed E-state index contributed by atoms with van der Waals surface area (Å²) in [5, 5.41) is 18.6. The van der Waals surface area contributed by atoms with Gasteiger partial charge in [0.15, 0.2) is 0 Å². The molecule has 1 aromatic rings. The number of methoxy groups -OCH3 is 1. The molecule has 0 radical (unpaired) electrons. The zero-order valence-electron chi connectivity index (χ0n) is 9.21. The number of hydrogen-bond donors (Lipinski definition) is 3. The van der Waals surface area contributed by atoms with Crippen molar-refractivity contribution in [2.45, 2.75) is 6.04 Å². The molecule has 0 fully saturated rings. The lowest BCUT2D eigenvalue weighted by Gasteiger charge is -2.13. The second kappa shape index (κ2) is 6.58. The number of carboxylic acids is 1. The number of aromatic hydroxyl groups is 1. The normalized spacial score (nSPS) is 11.3. The largest absolute Gasteiger partial charge is 0.507 e. The first-order valence-electron chi connectivity index (χ1n) is 4.47. The Morgan fingerprint density at radius 2 is 2.00 bits per heavy atom. The van der Waals surface area contributed by atoms with Crippen molar-refractivity contribution >= 4 is 40.3 Å². The van der Waals surface area contributed by atoms with Crippen LogP contribution in [0.4, 0.5) is 0 Å². The zero-order valence-corrected chi connectivity index (χ0v) is 11.6. The van der Waals surface area contributed by atoms with Gasteiger partial charge in [0.25, 0.3) is 0 Å². The number of benzene rings is 1. The van der Waals surface area contributed by atoms with Crippen LogP contribution in [0.25, 0.3) is 0 Å². The van der Waals surface area contributed by atoms with Gasteiger partial charge < -0.3 is 20.7 Å². The lowest BCUT2D eigenvalue weighted by atomic mass is 10.0. The third-order valence-corrected chi connectivity index (χ3v) is 2.58. The monoisotopic (exact) mass is 339 g/mol. The molecule has 8 heteroatoms. The molecule has 6 nitrogen and oxygen atoms in total. The Morgan fingerprint density at radius 3 is 2.44 bits per heavy atom. The first kappa shape index (κ1) is 16.7. The standard InChI is InChI=1S/C10H10BrNO5.ClH/c1-17-10(16)7(12)5-2-4(11)3-6(8(5)13)9(14)15;/h2-3,7,13H,12H2,1H3,(H,14,15);1H/t7-;/m1./s1. The van der Waals surface area contributed by atoms with Crippen LogP contribution in [-0.4, -0.2) is 29.3 Å². The van der Waals surface area contributed by atoms with Gasteiger partial charge in [0, 0.05) is 10.0 Å². The molecule has 0 unspecified atom stereocenters. The highest BCUT2D eigenvalue weighted by molar-refractivity contribution is 9.10. The van der Waals surface area contributed by atoms with Gasteiger partial charge >= 0.3 is 11.9 Å². The van der Waals surface area contributed by atoms with Crippen LogP contribution in [0.2, 0.25) is 0 Å². The second-order valence-electron chi connectivity index (χ2n) is 3.20. The van der Waals surface area contributed by atoms with E-state index in [2.05, 4.69) is 20.7 Å². The van der Waals surface area contributed by atoms with E-state index in [1.165, 1.54) is 12.1 Å². The van der Waals surface area contributed by atoms with Gasteiger partial charge in [-0.2, -0.15) is 0 Å². The Kier molecular flexibility index (Phi) is 6.10. The van der Waals surface area contributed by atoms with Gasteiger partial charge in [0.2, 0.25) is 0 Å². The molecule has 1 rings (SSSR count). The van der Waals surface area contributed by atoms with E-state index in [1.54, 1.807) is 0 Å². The van der Waals surface area contributed by atoms with Crippen molar-refractivity contribution in [3.05, 3.63) is 27.7 Å². The number of carbonyl (C=O) groups excluding carboxylic acids is 1. The fourth-order valence-corrected chi connectivity index (χ4v) is 1.75. The highest BCUT2D eigenvalue weighted by Gasteiger charge is 2.24. The van der Waals surface area contributed by atoms with E-state index in [9.17, 15) is 14.7 Å². The lowest BCUT2D eigenvalue weighted by molar-refractivity contribution is -0.142. The summed E-state index contributed by atoms with van der Waals surface area (Å²) >= 11 is 3.07. The van der Waals surface area contributed by atoms with Crippen molar-refractivity contribution in [1.29, 1.82) is 0 Å². The third-order valence-electron chi connectivity index (χ3n) is 2.12. The number of carbonyl (C=O) groups is 2. The van der Waals surface area contributed by atoms with Crippen molar-refractivity contribution in [1.82, 2.24) is 0 Å².